The summed E-state index contributed by atoms with van der Waals surface area (Å²) in [6, 6.07) is 21.0. The number of amides is 2. The Morgan fingerprint density at radius 3 is 2.30 bits per heavy atom. The Kier molecular flexibility index (Phi) is 9.31. The number of rotatable bonds is 11. The monoisotopic (exact) mass is 565 g/mol. The number of benzene rings is 3. The van der Waals surface area contributed by atoms with Crippen LogP contribution >= 0.6 is 0 Å². The number of ether oxygens (including phenoxy) is 2. The molecule has 1 aliphatic rings. The number of hydrogen-bond acceptors (Lipinski definition) is 6. The molecule has 40 heavy (non-hydrogen) atoms. The van der Waals surface area contributed by atoms with E-state index in [-0.39, 0.29) is 30.3 Å². The number of hydrogen-bond donors (Lipinski definition) is 1. The highest BCUT2D eigenvalue weighted by molar-refractivity contribution is 7.92. The van der Waals surface area contributed by atoms with Gasteiger partial charge >= 0.3 is 0 Å². The maximum Gasteiger partial charge on any atom is 0.244 e. The molecule has 0 saturated heterocycles. The van der Waals surface area contributed by atoms with Crippen LogP contribution in [0.25, 0.3) is 0 Å². The van der Waals surface area contributed by atoms with Gasteiger partial charge in [-0.05, 0) is 42.7 Å². The van der Waals surface area contributed by atoms with Crippen LogP contribution in [0.1, 0.15) is 23.6 Å². The molecule has 2 amide bonds. The van der Waals surface area contributed by atoms with Crippen molar-refractivity contribution < 1.29 is 27.5 Å². The fraction of sp³-hybridized carbons (Fsp3) is 0.333. The lowest BCUT2D eigenvalue weighted by atomic mass is 10.0. The van der Waals surface area contributed by atoms with E-state index in [1.54, 1.807) is 18.2 Å². The van der Waals surface area contributed by atoms with E-state index in [4.69, 9.17) is 9.47 Å². The molecule has 4 rings (SSSR count). The number of carbonyl (C=O) groups is 2. The molecule has 3 aromatic rings. The quantitative estimate of drug-likeness (QED) is 0.383. The van der Waals surface area contributed by atoms with Crippen LogP contribution in [0.15, 0.2) is 72.8 Å². The van der Waals surface area contributed by atoms with Gasteiger partial charge in [-0.25, -0.2) is 8.42 Å². The molecule has 1 atom stereocenters. The lowest BCUT2D eigenvalue weighted by Crippen LogP contribution is -2.53. The molecule has 0 aliphatic carbocycles. The number of anilines is 1. The van der Waals surface area contributed by atoms with Crippen molar-refractivity contribution in [3.63, 3.8) is 0 Å². The Morgan fingerprint density at radius 1 is 0.950 bits per heavy atom. The van der Waals surface area contributed by atoms with E-state index in [1.165, 1.54) is 18.9 Å². The lowest BCUT2D eigenvalue weighted by molar-refractivity contribution is -0.139. The Hall–Kier alpha value is -4.05. The molecule has 0 radical (unpaired) electrons. The predicted octanol–water partition coefficient (Wildman–Crippen LogP) is 3.31. The van der Waals surface area contributed by atoms with Crippen molar-refractivity contribution in [3.05, 3.63) is 89.5 Å². The number of likely N-dealkylation sites (N-methyl/N-ethyl adjacent to an activating group) is 1. The van der Waals surface area contributed by atoms with Crippen LogP contribution in [0.2, 0.25) is 0 Å². The fourth-order valence-electron chi connectivity index (χ4n) is 4.60. The topological polar surface area (TPSA) is 105 Å². The number of sulfonamides is 1. The van der Waals surface area contributed by atoms with E-state index in [9.17, 15) is 18.0 Å². The van der Waals surface area contributed by atoms with Crippen LogP contribution in [0.4, 0.5) is 5.69 Å². The lowest BCUT2D eigenvalue weighted by Gasteiger charge is -2.34. The molecule has 0 saturated carbocycles. The van der Waals surface area contributed by atoms with E-state index in [2.05, 4.69) is 5.32 Å². The maximum absolute atomic E-state index is 14.1. The van der Waals surface area contributed by atoms with Crippen LogP contribution < -0.4 is 19.1 Å². The minimum absolute atomic E-state index is 0.136. The molecule has 0 spiro atoms. The van der Waals surface area contributed by atoms with Gasteiger partial charge in [0.15, 0.2) is 11.5 Å². The van der Waals surface area contributed by atoms with E-state index < -0.39 is 28.5 Å². The Labute approximate surface area is 235 Å². The highest BCUT2D eigenvalue weighted by Gasteiger charge is 2.33. The zero-order valence-electron chi connectivity index (χ0n) is 23.0. The van der Waals surface area contributed by atoms with Gasteiger partial charge in [-0.2, -0.15) is 0 Å². The summed E-state index contributed by atoms with van der Waals surface area (Å²) in [7, 11) is -2.34. The second kappa shape index (κ2) is 12.9. The summed E-state index contributed by atoms with van der Waals surface area (Å²) in [6.07, 6.45) is 0.267. The third kappa shape index (κ3) is 6.74. The number of nitrogens with one attached hydrogen (secondary N) is 1. The van der Waals surface area contributed by atoms with E-state index in [1.807, 2.05) is 61.5 Å². The predicted molar refractivity (Wildman–Crippen MR) is 154 cm³/mol. The van der Waals surface area contributed by atoms with Crippen LogP contribution in [-0.2, 0) is 32.6 Å². The van der Waals surface area contributed by atoms with Crippen LogP contribution in [-0.4, -0.2) is 63.7 Å². The van der Waals surface area contributed by atoms with Crippen molar-refractivity contribution in [2.75, 3.05) is 36.9 Å². The Morgan fingerprint density at radius 2 is 1.62 bits per heavy atom. The van der Waals surface area contributed by atoms with Gasteiger partial charge in [0.05, 0.1) is 11.4 Å². The first-order chi connectivity index (χ1) is 19.2. The standard InChI is InChI=1S/C30H35N3O6S/c1-4-40(36,37)33(25-14-15-27-28(19-25)39-17-16-38-27)21-29(34)32(20-24-13-9-8-10-22(24)2)26(30(35)31-3)18-23-11-6-5-7-12-23/h5-15,19,26H,4,16-18,20-21H2,1-3H3,(H,31,35)/t26-/m1/s1. The average Bonchev–Trinajstić information content (AvgIpc) is 2.98. The SMILES string of the molecule is CCS(=O)(=O)N(CC(=O)N(Cc1ccccc1C)[C@H](Cc1ccccc1)C(=O)NC)c1ccc2c(c1)OCCO2. The highest BCUT2D eigenvalue weighted by Crippen LogP contribution is 2.35. The first kappa shape index (κ1) is 28.9. The molecule has 1 heterocycles. The van der Waals surface area contributed by atoms with Gasteiger partial charge < -0.3 is 19.7 Å². The largest absolute Gasteiger partial charge is 0.486 e. The third-order valence-corrected chi connectivity index (χ3v) is 8.65. The van der Waals surface area contributed by atoms with Crippen molar-refractivity contribution >= 4 is 27.5 Å². The second-order valence-corrected chi connectivity index (χ2v) is 11.7. The second-order valence-electron chi connectivity index (χ2n) is 9.50. The van der Waals surface area contributed by atoms with E-state index in [0.29, 0.717) is 24.7 Å². The minimum atomic E-state index is -3.87. The van der Waals surface area contributed by atoms with Gasteiger partial charge in [0.1, 0.15) is 25.8 Å². The van der Waals surface area contributed by atoms with Crippen molar-refractivity contribution in [2.45, 2.75) is 32.9 Å². The van der Waals surface area contributed by atoms with Crippen LogP contribution in [0.3, 0.4) is 0 Å². The molecule has 1 aliphatic heterocycles. The van der Waals surface area contributed by atoms with Gasteiger partial charge in [0.25, 0.3) is 0 Å². The molecule has 1 N–H and O–H groups in total. The van der Waals surface area contributed by atoms with Gasteiger partial charge in [-0.15, -0.1) is 0 Å². The third-order valence-electron chi connectivity index (χ3n) is 6.91. The van der Waals surface area contributed by atoms with Crippen molar-refractivity contribution in [1.29, 1.82) is 0 Å². The number of fused-ring (bicyclic) bond motifs is 1. The average molecular weight is 566 g/mol. The Bertz CT molecular complexity index is 1440. The normalized spacial score (nSPS) is 13.3. The summed E-state index contributed by atoms with van der Waals surface area (Å²) in [4.78, 5) is 28.8. The summed E-state index contributed by atoms with van der Waals surface area (Å²) in [5, 5.41) is 2.69. The van der Waals surface area contributed by atoms with Gasteiger partial charge in [0, 0.05) is 26.1 Å². The zero-order valence-corrected chi connectivity index (χ0v) is 23.8. The number of nitrogens with zero attached hydrogens (tertiary/aromatic N) is 2. The zero-order chi connectivity index (χ0) is 28.7. The molecular weight excluding hydrogens is 530 g/mol. The molecular formula is C30H35N3O6S. The van der Waals surface area contributed by atoms with Crippen molar-refractivity contribution in [1.82, 2.24) is 10.2 Å². The smallest absolute Gasteiger partial charge is 0.244 e. The number of aryl methyl sites for hydroxylation is 1. The Balaban J connectivity index is 1.74. The van der Waals surface area contributed by atoms with E-state index >= 15 is 0 Å². The first-order valence-corrected chi connectivity index (χ1v) is 14.8. The molecule has 212 valence electrons. The van der Waals surface area contributed by atoms with Crippen LogP contribution in [0, 0.1) is 6.92 Å². The maximum atomic E-state index is 14.1. The summed E-state index contributed by atoms with van der Waals surface area (Å²) in [5.41, 5.74) is 2.99. The molecule has 9 nitrogen and oxygen atoms in total. The minimum Gasteiger partial charge on any atom is -0.486 e. The summed E-state index contributed by atoms with van der Waals surface area (Å²) >= 11 is 0. The summed E-state index contributed by atoms with van der Waals surface area (Å²) in [6.45, 7) is 3.86. The van der Waals surface area contributed by atoms with Crippen molar-refractivity contribution in [3.8, 4) is 11.5 Å². The fourth-order valence-corrected chi connectivity index (χ4v) is 5.65. The summed E-state index contributed by atoms with van der Waals surface area (Å²) in [5.74, 6) is -0.125. The van der Waals surface area contributed by atoms with Gasteiger partial charge in [0.2, 0.25) is 21.8 Å². The molecule has 0 aromatic heterocycles. The molecule has 0 bridgehead atoms. The highest BCUT2D eigenvalue weighted by atomic mass is 32.2. The molecule has 10 heteroatoms. The van der Waals surface area contributed by atoms with Crippen molar-refractivity contribution in [2.24, 2.45) is 0 Å². The van der Waals surface area contributed by atoms with Crippen LogP contribution in [0.5, 0.6) is 11.5 Å². The molecule has 0 fully saturated rings. The first-order valence-electron chi connectivity index (χ1n) is 13.2. The van der Waals surface area contributed by atoms with E-state index in [0.717, 1.165) is 21.0 Å². The number of carbonyl (C=O) groups excluding carboxylic acids is 2. The van der Waals surface area contributed by atoms with Gasteiger partial charge in [-0.3, -0.25) is 13.9 Å². The molecule has 0 unspecified atom stereocenters. The summed E-state index contributed by atoms with van der Waals surface area (Å²) < 4.78 is 38.9. The molecule has 3 aromatic carbocycles. The van der Waals surface area contributed by atoms with Gasteiger partial charge in [-0.1, -0.05) is 54.6 Å².